The fourth-order valence-electron chi connectivity index (χ4n) is 4.56. The molecule has 10 heteroatoms. The second-order valence-electron chi connectivity index (χ2n) is 9.62. The van der Waals surface area contributed by atoms with Crippen LogP contribution >= 0.6 is 0 Å². The zero-order valence-electron chi connectivity index (χ0n) is 21.3. The minimum atomic E-state index is -0.963. The molecule has 4 rings (SSSR count). The van der Waals surface area contributed by atoms with Crippen LogP contribution in [0.15, 0.2) is 59.1 Å². The summed E-state index contributed by atoms with van der Waals surface area (Å²) in [6.07, 6.45) is 1.02. The van der Waals surface area contributed by atoms with Crippen molar-refractivity contribution < 1.29 is 23.9 Å². The monoisotopic (exact) mass is 507 g/mol. The second kappa shape index (κ2) is 11.5. The third-order valence-electron chi connectivity index (χ3n) is 6.78. The third kappa shape index (κ3) is 5.98. The molecule has 0 saturated carbocycles. The summed E-state index contributed by atoms with van der Waals surface area (Å²) in [6, 6.07) is 13.6. The highest BCUT2D eigenvalue weighted by Gasteiger charge is 2.36. The third-order valence-corrected chi connectivity index (χ3v) is 6.78. The number of nitrogens with one attached hydrogen (secondary N) is 2. The SMILES string of the molecule is CC(C)C(CNC(=O)c1cc2ccccc2o1)C(=O)N(C)C1CCNN(C(=O)c2ccccn2)CC1O. The van der Waals surface area contributed by atoms with Gasteiger partial charge >= 0.3 is 0 Å². The predicted molar refractivity (Wildman–Crippen MR) is 137 cm³/mol. The van der Waals surface area contributed by atoms with Gasteiger partial charge in [0.1, 0.15) is 11.3 Å². The number of furan rings is 1. The Morgan fingerprint density at radius 1 is 1.22 bits per heavy atom. The van der Waals surface area contributed by atoms with Crippen LogP contribution < -0.4 is 10.7 Å². The number of pyridine rings is 1. The van der Waals surface area contributed by atoms with E-state index in [-0.39, 0.29) is 48.2 Å². The quantitative estimate of drug-likeness (QED) is 0.447. The highest BCUT2D eigenvalue weighted by molar-refractivity contribution is 5.96. The van der Waals surface area contributed by atoms with E-state index in [2.05, 4.69) is 15.7 Å². The standard InChI is InChI=1S/C27H33N5O5/c1-17(2)19(15-29-25(34)24-14-18-8-4-5-10-23(18)37-24)26(35)31(3)21-11-13-30-32(16-22(21)33)27(36)20-9-6-7-12-28-20/h4-10,12,14,17,19,21-22,30,33H,11,13,15-16H2,1-3H3,(H,29,34). The fourth-order valence-corrected chi connectivity index (χ4v) is 4.56. The number of β-amino-alcohol motifs (C(OH)–C–C–N with tert-alkyl or cyclic N) is 1. The van der Waals surface area contributed by atoms with Crippen molar-refractivity contribution in [3.8, 4) is 0 Å². The van der Waals surface area contributed by atoms with Crippen molar-refractivity contribution in [1.82, 2.24) is 25.6 Å². The molecule has 1 aliphatic heterocycles. The van der Waals surface area contributed by atoms with Crippen molar-refractivity contribution in [1.29, 1.82) is 0 Å². The van der Waals surface area contributed by atoms with E-state index in [4.69, 9.17) is 4.42 Å². The summed E-state index contributed by atoms with van der Waals surface area (Å²) in [6.45, 7) is 4.37. The van der Waals surface area contributed by atoms with Crippen LogP contribution in [0.5, 0.6) is 0 Å². The molecule has 0 bridgehead atoms. The van der Waals surface area contributed by atoms with Crippen molar-refractivity contribution >= 4 is 28.7 Å². The van der Waals surface area contributed by atoms with Gasteiger partial charge in [0.15, 0.2) is 5.76 Å². The number of nitrogens with zero attached hydrogens (tertiary/aromatic N) is 3. The van der Waals surface area contributed by atoms with Gasteiger partial charge in [-0.05, 0) is 36.6 Å². The molecule has 10 nitrogen and oxygen atoms in total. The number of fused-ring (bicyclic) bond motifs is 1. The molecule has 196 valence electrons. The molecule has 3 amide bonds. The van der Waals surface area contributed by atoms with Gasteiger partial charge in [0.05, 0.1) is 24.6 Å². The fraction of sp³-hybridized carbons (Fsp3) is 0.407. The second-order valence-corrected chi connectivity index (χ2v) is 9.62. The van der Waals surface area contributed by atoms with Crippen LogP contribution in [0.4, 0.5) is 0 Å². The van der Waals surface area contributed by atoms with Gasteiger partial charge in [-0.3, -0.25) is 24.4 Å². The lowest BCUT2D eigenvalue weighted by molar-refractivity contribution is -0.140. The number of carbonyl (C=O) groups is 3. The summed E-state index contributed by atoms with van der Waals surface area (Å²) in [4.78, 5) is 44.6. The van der Waals surface area contributed by atoms with E-state index in [1.54, 1.807) is 42.3 Å². The number of aliphatic hydroxyl groups excluding tert-OH is 1. The number of aliphatic hydroxyl groups is 1. The van der Waals surface area contributed by atoms with Crippen molar-refractivity contribution in [3.05, 3.63) is 66.2 Å². The minimum Gasteiger partial charge on any atom is -0.451 e. The number of rotatable bonds is 7. The average molecular weight is 508 g/mol. The summed E-state index contributed by atoms with van der Waals surface area (Å²) in [5.74, 6) is -1.30. The molecule has 3 atom stereocenters. The van der Waals surface area contributed by atoms with Crippen molar-refractivity contribution in [2.75, 3.05) is 26.7 Å². The number of amides is 3. The molecule has 37 heavy (non-hydrogen) atoms. The largest absolute Gasteiger partial charge is 0.451 e. The number of carbonyl (C=O) groups excluding carboxylic acids is 3. The van der Waals surface area contributed by atoms with Gasteiger partial charge in [-0.25, -0.2) is 5.43 Å². The zero-order chi connectivity index (χ0) is 26.5. The van der Waals surface area contributed by atoms with Gasteiger partial charge in [0.2, 0.25) is 5.91 Å². The number of hydrazine groups is 1. The van der Waals surface area contributed by atoms with E-state index >= 15 is 0 Å². The molecule has 1 aromatic carbocycles. The number of likely N-dealkylation sites (N-methyl/N-ethyl adjacent to an activating group) is 1. The Labute approximate surface area is 215 Å². The zero-order valence-corrected chi connectivity index (χ0v) is 21.3. The number of para-hydroxylation sites is 1. The van der Waals surface area contributed by atoms with Crippen molar-refractivity contribution in [2.45, 2.75) is 32.4 Å². The first-order chi connectivity index (χ1) is 17.8. The van der Waals surface area contributed by atoms with E-state index in [0.717, 1.165) is 5.39 Å². The summed E-state index contributed by atoms with van der Waals surface area (Å²) in [5, 5.41) is 16.0. The van der Waals surface area contributed by atoms with E-state index in [1.807, 2.05) is 32.0 Å². The van der Waals surface area contributed by atoms with Crippen LogP contribution in [-0.4, -0.2) is 76.5 Å². The van der Waals surface area contributed by atoms with Crippen molar-refractivity contribution in [2.24, 2.45) is 11.8 Å². The Balaban J connectivity index is 1.39. The summed E-state index contributed by atoms with van der Waals surface area (Å²) >= 11 is 0. The van der Waals surface area contributed by atoms with Gasteiger partial charge in [-0.1, -0.05) is 38.1 Å². The molecule has 3 heterocycles. The highest BCUT2D eigenvalue weighted by Crippen LogP contribution is 2.21. The maximum Gasteiger partial charge on any atom is 0.287 e. The maximum atomic E-state index is 13.5. The molecule has 0 aliphatic carbocycles. The average Bonchev–Trinajstić information content (AvgIpc) is 3.24. The molecular weight excluding hydrogens is 474 g/mol. The van der Waals surface area contributed by atoms with Crippen LogP contribution in [0, 0.1) is 11.8 Å². The van der Waals surface area contributed by atoms with E-state index in [1.165, 1.54) is 11.2 Å². The molecule has 1 fully saturated rings. The Kier molecular flexibility index (Phi) is 8.20. The topological polar surface area (TPSA) is 128 Å². The van der Waals surface area contributed by atoms with Crippen LogP contribution in [0.1, 0.15) is 41.3 Å². The molecule has 1 saturated heterocycles. The summed E-state index contributed by atoms with van der Waals surface area (Å²) in [5.41, 5.74) is 3.92. The first-order valence-electron chi connectivity index (χ1n) is 12.4. The van der Waals surface area contributed by atoms with Crippen molar-refractivity contribution in [3.63, 3.8) is 0 Å². The molecule has 3 unspecified atom stereocenters. The Morgan fingerprint density at radius 2 is 1.97 bits per heavy atom. The minimum absolute atomic E-state index is 0.00677. The number of benzene rings is 1. The predicted octanol–water partition coefficient (Wildman–Crippen LogP) is 2.07. The van der Waals surface area contributed by atoms with Crippen LogP contribution in [0.3, 0.4) is 0 Å². The summed E-state index contributed by atoms with van der Waals surface area (Å²) in [7, 11) is 1.66. The van der Waals surface area contributed by atoms with Gasteiger partial charge in [0, 0.05) is 31.7 Å². The number of hydrogen-bond acceptors (Lipinski definition) is 7. The Hall–Kier alpha value is -3.76. The smallest absolute Gasteiger partial charge is 0.287 e. The molecule has 1 aliphatic rings. The lowest BCUT2D eigenvalue weighted by atomic mass is 9.92. The number of hydrogen-bond donors (Lipinski definition) is 3. The molecule has 3 aromatic rings. The van der Waals surface area contributed by atoms with E-state index < -0.39 is 18.1 Å². The van der Waals surface area contributed by atoms with E-state index in [9.17, 15) is 19.5 Å². The van der Waals surface area contributed by atoms with Gasteiger partial charge < -0.3 is 19.7 Å². The maximum absolute atomic E-state index is 13.5. The summed E-state index contributed by atoms with van der Waals surface area (Å²) < 4.78 is 5.63. The number of aromatic nitrogens is 1. The highest BCUT2D eigenvalue weighted by atomic mass is 16.3. The molecule has 0 spiro atoms. The van der Waals surface area contributed by atoms with E-state index in [0.29, 0.717) is 18.5 Å². The van der Waals surface area contributed by atoms with Gasteiger partial charge in [0.25, 0.3) is 11.8 Å². The van der Waals surface area contributed by atoms with Gasteiger partial charge in [-0.2, -0.15) is 0 Å². The Bertz CT molecular complexity index is 1210. The van der Waals surface area contributed by atoms with Gasteiger partial charge in [-0.15, -0.1) is 0 Å². The van der Waals surface area contributed by atoms with Crippen LogP contribution in [-0.2, 0) is 4.79 Å². The first kappa shape index (κ1) is 26.3. The lowest BCUT2D eigenvalue weighted by Crippen LogP contribution is -2.52. The Morgan fingerprint density at radius 3 is 2.68 bits per heavy atom. The molecule has 2 aromatic heterocycles. The first-order valence-corrected chi connectivity index (χ1v) is 12.4. The van der Waals surface area contributed by atoms with Crippen LogP contribution in [0.25, 0.3) is 11.0 Å². The normalized spacial score (nSPS) is 18.9. The van der Waals surface area contributed by atoms with Crippen LogP contribution in [0.2, 0.25) is 0 Å². The lowest BCUT2D eigenvalue weighted by Gasteiger charge is -2.34. The molecular formula is C27H33N5O5. The molecule has 3 N–H and O–H groups in total. The molecule has 0 radical (unpaired) electrons.